The van der Waals surface area contributed by atoms with Gasteiger partial charge in [-0.15, -0.1) is 0 Å². The van der Waals surface area contributed by atoms with E-state index in [4.69, 9.17) is 0 Å². The number of sulfonamides is 1. The summed E-state index contributed by atoms with van der Waals surface area (Å²) in [7, 11) is -4.09. The highest BCUT2D eigenvalue weighted by atomic mass is 32.2. The SMILES string of the molecule is O=S(=O)(c1cccc(F)c1F)N1CCCC(O)C1. The van der Waals surface area contributed by atoms with Crippen LogP contribution in [0.3, 0.4) is 0 Å². The van der Waals surface area contributed by atoms with E-state index in [1.165, 1.54) is 0 Å². The molecule has 1 saturated heterocycles. The number of aliphatic hydroxyl groups excluding tert-OH is 1. The maximum Gasteiger partial charge on any atom is 0.246 e. The molecule has 1 fully saturated rings. The molecule has 0 radical (unpaired) electrons. The molecule has 1 aromatic carbocycles. The number of benzene rings is 1. The average Bonchev–Trinajstić information content (AvgIpc) is 2.32. The lowest BCUT2D eigenvalue weighted by Gasteiger charge is -2.29. The molecule has 1 N–H and O–H groups in total. The first-order valence-electron chi connectivity index (χ1n) is 5.55. The zero-order chi connectivity index (χ0) is 13.3. The van der Waals surface area contributed by atoms with Gasteiger partial charge in [0.2, 0.25) is 10.0 Å². The molecule has 4 nitrogen and oxygen atoms in total. The van der Waals surface area contributed by atoms with E-state index in [0.717, 1.165) is 22.5 Å². The van der Waals surface area contributed by atoms with Crippen LogP contribution in [0, 0.1) is 11.6 Å². The van der Waals surface area contributed by atoms with Crippen LogP contribution in [-0.2, 0) is 10.0 Å². The van der Waals surface area contributed by atoms with Crippen molar-refractivity contribution < 1.29 is 22.3 Å². The summed E-state index contributed by atoms with van der Waals surface area (Å²) >= 11 is 0. The summed E-state index contributed by atoms with van der Waals surface area (Å²) in [5.41, 5.74) is 0. The number of piperidine rings is 1. The van der Waals surface area contributed by atoms with Crippen LogP contribution in [0.5, 0.6) is 0 Å². The van der Waals surface area contributed by atoms with Gasteiger partial charge in [-0.3, -0.25) is 0 Å². The van der Waals surface area contributed by atoms with E-state index in [1.807, 2.05) is 0 Å². The molecular formula is C11H13F2NO3S. The van der Waals surface area contributed by atoms with E-state index >= 15 is 0 Å². The fraction of sp³-hybridized carbons (Fsp3) is 0.455. The van der Waals surface area contributed by atoms with Crippen molar-refractivity contribution in [1.82, 2.24) is 4.31 Å². The van der Waals surface area contributed by atoms with Gasteiger partial charge >= 0.3 is 0 Å². The molecule has 1 unspecified atom stereocenters. The van der Waals surface area contributed by atoms with Crippen LogP contribution in [0.2, 0.25) is 0 Å². The number of rotatable bonds is 2. The van der Waals surface area contributed by atoms with Gasteiger partial charge in [0.15, 0.2) is 11.6 Å². The highest BCUT2D eigenvalue weighted by Gasteiger charge is 2.32. The third-order valence-corrected chi connectivity index (χ3v) is 4.78. The summed E-state index contributed by atoms with van der Waals surface area (Å²) in [6, 6.07) is 3.03. The third kappa shape index (κ3) is 2.38. The Morgan fingerprint density at radius 3 is 2.72 bits per heavy atom. The zero-order valence-electron chi connectivity index (χ0n) is 9.51. The molecular weight excluding hydrogens is 264 g/mol. The van der Waals surface area contributed by atoms with Gasteiger partial charge in [-0.2, -0.15) is 4.31 Å². The van der Waals surface area contributed by atoms with Crippen molar-refractivity contribution in [1.29, 1.82) is 0 Å². The topological polar surface area (TPSA) is 57.6 Å². The van der Waals surface area contributed by atoms with Gasteiger partial charge in [0.05, 0.1) is 6.10 Å². The summed E-state index contributed by atoms with van der Waals surface area (Å²) in [6.07, 6.45) is 0.250. The molecule has 7 heteroatoms. The van der Waals surface area contributed by atoms with Crippen LogP contribution in [0.1, 0.15) is 12.8 Å². The first-order valence-corrected chi connectivity index (χ1v) is 6.99. The normalized spacial score (nSPS) is 22.1. The fourth-order valence-electron chi connectivity index (χ4n) is 1.96. The average molecular weight is 277 g/mol. The highest BCUT2D eigenvalue weighted by Crippen LogP contribution is 2.24. The molecule has 0 bridgehead atoms. The van der Waals surface area contributed by atoms with E-state index in [0.29, 0.717) is 12.8 Å². The second-order valence-electron chi connectivity index (χ2n) is 4.21. The third-order valence-electron chi connectivity index (χ3n) is 2.89. The maximum absolute atomic E-state index is 13.5. The standard InChI is InChI=1S/C11H13F2NO3S/c12-9-4-1-5-10(11(9)13)18(16,17)14-6-2-3-8(15)7-14/h1,4-5,8,15H,2-3,6-7H2. The Balaban J connectivity index is 2.39. The lowest BCUT2D eigenvalue weighted by Crippen LogP contribution is -2.42. The number of nitrogens with zero attached hydrogens (tertiary/aromatic N) is 1. The number of hydrogen-bond donors (Lipinski definition) is 1. The van der Waals surface area contributed by atoms with Crippen LogP contribution in [0.25, 0.3) is 0 Å². The van der Waals surface area contributed by atoms with E-state index in [2.05, 4.69) is 0 Å². The van der Waals surface area contributed by atoms with E-state index in [-0.39, 0.29) is 13.1 Å². The Kier molecular flexibility index (Phi) is 3.65. The van der Waals surface area contributed by atoms with Crippen molar-refractivity contribution in [2.75, 3.05) is 13.1 Å². The van der Waals surface area contributed by atoms with Gasteiger partial charge in [0.1, 0.15) is 4.90 Å². The molecule has 0 aliphatic carbocycles. The lowest BCUT2D eigenvalue weighted by atomic mass is 10.1. The molecule has 1 atom stereocenters. The monoisotopic (exact) mass is 277 g/mol. The molecule has 100 valence electrons. The minimum absolute atomic E-state index is 0.0850. The molecule has 0 saturated carbocycles. The largest absolute Gasteiger partial charge is 0.392 e. The predicted octanol–water partition coefficient (Wildman–Crippen LogP) is 1.11. The Bertz CT molecular complexity index is 547. The number of β-amino-alcohol motifs (C(OH)–C–C–N with tert-alkyl or cyclic N) is 1. The summed E-state index contributed by atoms with van der Waals surface area (Å²) in [5.74, 6) is -2.58. The van der Waals surface area contributed by atoms with Crippen LogP contribution < -0.4 is 0 Å². The number of hydrogen-bond acceptors (Lipinski definition) is 3. The highest BCUT2D eigenvalue weighted by molar-refractivity contribution is 7.89. The molecule has 1 aliphatic rings. The molecule has 1 aromatic rings. The van der Waals surface area contributed by atoms with E-state index < -0.39 is 32.7 Å². The van der Waals surface area contributed by atoms with Crippen molar-refractivity contribution in [2.24, 2.45) is 0 Å². The van der Waals surface area contributed by atoms with Crippen molar-refractivity contribution in [3.05, 3.63) is 29.8 Å². The maximum atomic E-state index is 13.5. The molecule has 2 rings (SSSR count). The Hall–Kier alpha value is -1.05. The Morgan fingerprint density at radius 1 is 1.33 bits per heavy atom. The van der Waals surface area contributed by atoms with Gasteiger partial charge in [0.25, 0.3) is 0 Å². The van der Waals surface area contributed by atoms with Crippen LogP contribution >= 0.6 is 0 Å². The van der Waals surface area contributed by atoms with Crippen molar-refractivity contribution in [2.45, 2.75) is 23.8 Å². The molecule has 1 heterocycles. The number of halogens is 2. The Morgan fingerprint density at radius 2 is 2.06 bits per heavy atom. The molecule has 18 heavy (non-hydrogen) atoms. The van der Waals surface area contributed by atoms with Gasteiger partial charge in [-0.05, 0) is 25.0 Å². The second-order valence-corrected chi connectivity index (χ2v) is 6.12. The van der Waals surface area contributed by atoms with Crippen LogP contribution in [0.15, 0.2) is 23.1 Å². The zero-order valence-corrected chi connectivity index (χ0v) is 10.3. The van der Waals surface area contributed by atoms with Gasteiger partial charge in [0, 0.05) is 13.1 Å². The minimum Gasteiger partial charge on any atom is -0.392 e. The smallest absolute Gasteiger partial charge is 0.246 e. The van der Waals surface area contributed by atoms with E-state index in [1.54, 1.807) is 0 Å². The fourth-order valence-corrected chi connectivity index (χ4v) is 3.55. The lowest BCUT2D eigenvalue weighted by molar-refractivity contribution is 0.108. The van der Waals surface area contributed by atoms with Crippen LogP contribution in [0.4, 0.5) is 8.78 Å². The minimum atomic E-state index is -4.09. The summed E-state index contributed by atoms with van der Waals surface area (Å²) in [5, 5.41) is 9.44. The van der Waals surface area contributed by atoms with E-state index in [9.17, 15) is 22.3 Å². The van der Waals surface area contributed by atoms with Gasteiger partial charge in [-0.1, -0.05) is 6.07 Å². The van der Waals surface area contributed by atoms with Crippen LogP contribution in [-0.4, -0.2) is 37.0 Å². The summed E-state index contributed by atoms with van der Waals surface area (Å²) in [4.78, 5) is -0.684. The quantitative estimate of drug-likeness (QED) is 0.881. The van der Waals surface area contributed by atoms with Crippen molar-refractivity contribution in [3.63, 3.8) is 0 Å². The van der Waals surface area contributed by atoms with Crippen molar-refractivity contribution >= 4 is 10.0 Å². The predicted molar refractivity (Wildman–Crippen MR) is 60.4 cm³/mol. The summed E-state index contributed by atoms with van der Waals surface area (Å²) < 4.78 is 51.8. The second kappa shape index (κ2) is 4.91. The number of aliphatic hydroxyl groups is 1. The molecule has 0 amide bonds. The van der Waals surface area contributed by atoms with Gasteiger partial charge < -0.3 is 5.11 Å². The molecule has 1 aliphatic heterocycles. The first-order chi connectivity index (χ1) is 8.43. The van der Waals surface area contributed by atoms with Gasteiger partial charge in [-0.25, -0.2) is 17.2 Å². The Labute approximate surface area is 104 Å². The molecule has 0 spiro atoms. The van der Waals surface area contributed by atoms with Crippen molar-refractivity contribution in [3.8, 4) is 0 Å². The first kappa shape index (κ1) is 13.4. The summed E-state index contributed by atoms with van der Waals surface area (Å²) in [6.45, 7) is 0.119. The molecule has 0 aromatic heterocycles.